The maximum Gasteiger partial charge on any atom is 0.329 e. The molecule has 0 unspecified atom stereocenters. The number of thioether (sulfide) groups is 1. The fourth-order valence-corrected chi connectivity index (χ4v) is 3.02. The molecule has 31 heavy (non-hydrogen) atoms. The van der Waals surface area contributed by atoms with Gasteiger partial charge in [-0.05, 0) is 6.42 Å². The third-order valence-electron chi connectivity index (χ3n) is 4.21. The first-order chi connectivity index (χ1) is 14.4. The molecule has 0 radical (unpaired) electrons. The second kappa shape index (κ2) is 14.8. The van der Waals surface area contributed by atoms with Crippen molar-refractivity contribution >= 4 is 40.6 Å². The SMILES string of the molecule is COC(=O)[C@H](CSC(=O)CCCNC(C)=O)NC(=O)CCNC(=O)[C@H](O)C(C)(C)CO. The van der Waals surface area contributed by atoms with E-state index in [0.717, 1.165) is 18.9 Å². The molecular weight excluding hydrogens is 430 g/mol. The van der Waals surface area contributed by atoms with E-state index in [-0.39, 0.29) is 36.2 Å². The Morgan fingerprint density at radius 1 is 1.06 bits per heavy atom. The van der Waals surface area contributed by atoms with E-state index >= 15 is 0 Å². The second-order valence-electron chi connectivity index (χ2n) is 7.50. The molecule has 0 aromatic rings. The molecule has 3 amide bonds. The Kier molecular flexibility index (Phi) is 13.7. The third kappa shape index (κ3) is 12.3. The average Bonchev–Trinajstić information content (AvgIpc) is 2.72. The van der Waals surface area contributed by atoms with Crippen molar-refractivity contribution in [1.29, 1.82) is 0 Å². The highest BCUT2D eigenvalue weighted by Gasteiger charge is 2.32. The van der Waals surface area contributed by atoms with Crippen LogP contribution in [0.5, 0.6) is 0 Å². The third-order valence-corrected chi connectivity index (χ3v) is 5.24. The Bertz CT molecular complexity index is 642. The lowest BCUT2D eigenvalue weighted by Crippen LogP contribution is -2.47. The van der Waals surface area contributed by atoms with Gasteiger partial charge in [-0.3, -0.25) is 19.2 Å². The van der Waals surface area contributed by atoms with Crippen molar-refractivity contribution in [3.05, 3.63) is 0 Å². The number of methoxy groups -OCH3 is 1. The van der Waals surface area contributed by atoms with Crippen LogP contribution < -0.4 is 16.0 Å². The standard InChI is InChI=1S/C19H33N3O8S/c1-12(24)20-8-5-6-15(26)31-10-13(18(29)30-4)22-14(25)7-9-21-17(28)16(27)19(2,3)11-23/h13,16,23,27H,5-11H2,1-4H3,(H,20,24)(H,21,28)(H,22,25)/t13-,16-/m0/s1. The number of aliphatic hydroxyl groups excluding tert-OH is 2. The lowest BCUT2D eigenvalue weighted by Gasteiger charge is -2.27. The van der Waals surface area contributed by atoms with Crippen molar-refractivity contribution in [3.63, 3.8) is 0 Å². The number of aliphatic hydroxyl groups is 2. The quantitative estimate of drug-likeness (QED) is 0.155. The first-order valence-corrected chi connectivity index (χ1v) is 10.8. The lowest BCUT2D eigenvalue weighted by atomic mass is 9.87. The predicted molar refractivity (Wildman–Crippen MR) is 114 cm³/mol. The summed E-state index contributed by atoms with van der Waals surface area (Å²) in [4.78, 5) is 58.5. The van der Waals surface area contributed by atoms with Gasteiger partial charge in [-0.25, -0.2) is 4.79 Å². The number of amides is 3. The minimum absolute atomic E-state index is 0.0207. The van der Waals surface area contributed by atoms with Crippen molar-refractivity contribution in [3.8, 4) is 0 Å². The van der Waals surface area contributed by atoms with Crippen LogP contribution in [-0.4, -0.2) is 83.7 Å². The van der Waals surface area contributed by atoms with Crippen LogP contribution in [0.4, 0.5) is 0 Å². The maximum atomic E-state index is 12.1. The van der Waals surface area contributed by atoms with Gasteiger partial charge in [0.15, 0.2) is 5.12 Å². The van der Waals surface area contributed by atoms with Gasteiger partial charge in [0.2, 0.25) is 17.7 Å². The summed E-state index contributed by atoms with van der Waals surface area (Å²) in [6.45, 7) is 4.30. The normalized spacial score (nSPS) is 13.0. The van der Waals surface area contributed by atoms with E-state index < -0.39 is 42.0 Å². The monoisotopic (exact) mass is 463 g/mol. The summed E-state index contributed by atoms with van der Waals surface area (Å²) in [7, 11) is 1.16. The minimum atomic E-state index is -1.45. The summed E-state index contributed by atoms with van der Waals surface area (Å²) in [6.07, 6.45) is -0.956. The fraction of sp³-hybridized carbons (Fsp3) is 0.737. The largest absolute Gasteiger partial charge is 0.467 e. The summed E-state index contributed by atoms with van der Waals surface area (Å²) in [5, 5.41) is 26.3. The van der Waals surface area contributed by atoms with Gasteiger partial charge in [0, 0.05) is 44.0 Å². The Balaban J connectivity index is 4.44. The molecule has 5 N–H and O–H groups in total. The van der Waals surface area contributed by atoms with Crippen molar-refractivity contribution in [2.75, 3.05) is 32.6 Å². The minimum Gasteiger partial charge on any atom is -0.467 e. The van der Waals surface area contributed by atoms with E-state index in [4.69, 9.17) is 0 Å². The van der Waals surface area contributed by atoms with Crippen LogP contribution in [0.1, 0.15) is 40.0 Å². The molecule has 0 spiro atoms. The Hall–Kier alpha value is -2.18. The molecule has 178 valence electrons. The molecular formula is C19H33N3O8S. The van der Waals surface area contributed by atoms with Crippen molar-refractivity contribution in [2.24, 2.45) is 5.41 Å². The molecule has 0 fully saturated rings. The second-order valence-corrected chi connectivity index (χ2v) is 8.58. The zero-order valence-corrected chi connectivity index (χ0v) is 19.2. The predicted octanol–water partition coefficient (Wildman–Crippen LogP) is -1.29. The van der Waals surface area contributed by atoms with Gasteiger partial charge >= 0.3 is 5.97 Å². The van der Waals surface area contributed by atoms with E-state index in [1.807, 2.05) is 0 Å². The van der Waals surface area contributed by atoms with Crippen LogP contribution >= 0.6 is 11.8 Å². The molecule has 0 bridgehead atoms. The summed E-state index contributed by atoms with van der Waals surface area (Å²) in [6, 6.07) is -1.04. The highest BCUT2D eigenvalue weighted by Crippen LogP contribution is 2.19. The zero-order valence-electron chi connectivity index (χ0n) is 18.4. The molecule has 0 rings (SSSR count). The molecule has 0 aliphatic heterocycles. The number of hydrogen-bond donors (Lipinski definition) is 5. The zero-order chi connectivity index (χ0) is 24.0. The van der Waals surface area contributed by atoms with Crippen LogP contribution in [0.15, 0.2) is 0 Å². The molecule has 12 heteroatoms. The highest BCUT2D eigenvalue weighted by atomic mass is 32.2. The van der Waals surface area contributed by atoms with E-state index in [2.05, 4.69) is 20.7 Å². The highest BCUT2D eigenvalue weighted by molar-refractivity contribution is 8.13. The molecule has 0 heterocycles. The summed E-state index contributed by atoms with van der Waals surface area (Å²) in [5.41, 5.74) is -1.03. The van der Waals surface area contributed by atoms with Gasteiger partial charge in [-0.15, -0.1) is 0 Å². The topological polar surface area (TPSA) is 171 Å². The van der Waals surface area contributed by atoms with E-state index in [1.54, 1.807) is 0 Å². The lowest BCUT2D eigenvalue weighted by molar-refractivity contribution is -0.144. The number of hydrogen-bond acceptors (Lipinski definition) is 9. The molecule has 0 saturated carbocycles. The number of esters is 1. The van der Waals surface area contributed by atoms with Crippen LogP contribution in [0, 0.1) is 5.41 Å². The van der Waals surface area contributed by atoms with Crippen LogP contribution in [0.3, 0.4) is 0 Å². The van der Waals surface area contributed by atoms with Gasteiger partial charge in [0.1, 0.15) is 12.1 Å². The van der Waals surface area contributed by atoms with E-state index in [9.17, 15) is 34.2 Å². The molecule has 2 atom stereocenters. The van der Waals surface area contributed by atoms with Crippen molar-refractivity contribution in [2.45, 2.75) is 52.2 Å². The summed E-state index contributed by atoms with van der Waals surface area (Å²) < 4.78 is 4.64. The molecule has 0 aromatic heterocycles. The van der Waals surface area contributed by atoms with Gasteiger partial charge < -0.3 is 30.9 Å². The van der Waals surface area contributed by atoms with Gasteiger partial charge in [-0.1, -0.05) is 25.6 Å². The van der Waals surface area contributed by atoms with Gasteiger partial charge in [0.05, 0.1) is 13.7 Å². The maximum absolute atomic E-state index is 12.1. The van der Waals surface area contributed by atoms with Crippen molar-refractivity contribution in [1.82, 2.24) is 16.0 Å². The smallest absolute Gasteiger partial charge is 0.329 e. The fourth-order valence-electron chi connectivity index (χ4n) is 2.16. The number of carbonyl (C=O) groups excluding carboxylic acids is 5. The Morgan fingerprint density at radius 2 is 1.71 bits per heavy atom. The Labute approximate surface area is 186 Å². The number of nitrogens with one attached hydrogen (secondary N) is 3. The molecule has 0 aliphatic carbocycles. The number of rotatable bonds is 14. The van der Waals surface area contributed by atoms with Gasteiger partial charge in [0.25, 0.3) is 0 Å². The van der Waals surface area contributed by atoms with Crippen LogP contribution in [0.25, 0.3) is 0 Å². The van der Waals surface area contributed by atoms with Crippen LogP contribution in [-0.2, 0) is 28.7 Å². The molecule has 0 aliphatic rings. The van der Waals surface area contributed by atoms with E-state index in [1.165, 1.54) is 20.8 Å². The van der Waals surface area contributed by atoms with Crippen molar-refractivity contribution < 1.29 is 38.9 Å². The van der Waals surface area contributed by atoms with E-state index in [0.29, 0.717) is 13.0 Å². The number of ether oxygens (including phenoxy) is 1. The first-order valence-electron chi connectivity index (χ1n) is 9.78. The summed E-state index contributed by atoms with van der Waals surface area (Å²) >= 11 is 0.873. The van der Waals surface area contributed by atoms with Gasteiger partial charge in [-0.2, -0.15) is 0 Å². The molecule has 0 saturated heterocycles. The van der Waals surface area contributed by atoms with Crippen LogP contribution in [0.2, 0.25) is 0 Å². The molecule has 0 aromatic carbocycles. The molecule has 11 nitrogen and oxygen atoms in total. The Morgan fingerprint density at radius 3 is 2.26 bits per heavy atom. The average molecular weight is 464 g/mol. The first kappa shape index (κ1) is 28.8. The summed E-state index contributed by atoms with van der Waals surface area (Å²) in [5.74, 6) is -2.19. The number of carbonyl (C=O) groups is 5.